The zero-order valence-corrected chi connectivity index (χ0v) is 9.96. The molecule has 1 aromatic heterocycles. The number of aryl methyl sites for hydroxylation is 1. The van der Waals surface area contributed by atoms with Crippen molar-refractivity contribution in [2.75, 3.05) is 18.0 Å². The second-order valence-electron chi connectivity index (χ2n) is 4.13. The Morgan fingerprint density at radius 3 is 2.87 bits per heavy atom. The van der Waals surface area contributed by atoms with Crippen LogP contribution < -0.4 is 4.90 Å². The average molecular weight is 226 g/mol. The molecule has 0 aliphatic heterocycles. The van der Waals surface area contributed by atoms with E-state index in [1.807, 2.05) is 6.92 Å². The van der Waals surface area contributed by atoms with Gasteiger partial charge in [-0.05, 0) is 44.2 Å². The van der Waals surface area contributed by atoms with E-state index in [0.717, 1.165) is 30.4 Å². The van der Waals surface area contributed by atoms with E-state index in [0.29, 0.717) is 5.28 Å². The number of anilines is 1. The molecule has 4 heteroatoms. The first-order valence-corrected chi connectivity index (χ1v) is 5.82. The van der Waals surface area contributed by atoms with Crippen LogP contribution in [0.5, 0.6) is 0 Å². The largest absolute Gasteiger partial charge is 0.356 e. The van der Waals surface area contributed by atoms with Crippen molar-refractivity contribution in [2.24, 2.45) is 5.92 Å². The lowest BCUT2D eigenvalue weighted by Gasteiger charge is -2.23. The van der Waals surface area contributed by atoms with Gasteiger partial charge in [0.2, 0.25) is 5.28 Å². The molecule has 0 radical (unpaired) electrons. The lowest BCUT2D eigenvalue weighted by Crippen LogP contribution is -2.27. The number of halogens is 1. The van der Waals surface area contributed by atoms with Gasteiger partial charge in [0.25, 0.3) is 0 Å². The van der Waals surface area contributed by atoms with Crippen molar-refractivity contribution >= 4 is 17.4 Å². The summed E-state index contributed by atoms with van der Waals surface area (Å²) in [6.45, 7) is 6.26. The first-order chi connectivity index (χ1) is 7.20. The first kappa shape index (κ1) is 10.7. The third-order valence-electron chi connectivity index (χ3n) is 2.77. The van der Waals surface area contributed by atoms with Gasteiger partial charge in [-0.25, -0.2) is 9.97 Å². The molecule has 1 aliphatic rings. The molecule has 3 nitrogen and oxygen atoms in total. The first-order valence-electron chi connectivity index (χ1n) is 5.44. The maximum atomic E-state index is 5.82. The average Bonchev–Trinajstić information content (AvgIpc) is 3.02. The van der Waals surface area contributed by atoms with Gasteiger partial charge in [-0.15, -0.1) is 0 Å². The minimum Gasteiger partial charge on any atom is -0.356 e. The van der Waals surface area contributed by atoms with Gasteiger partial charge in [-0.2, -0.15) is 0 Å². The molecule has 0 saturated heterocycles. The smallest absolute Gasteiger partial charge is 0.224 e. The summed E-state index contributed by atoms with van der Waals surface area (Å²) in [6.07, 6.45) is 4.50. The summed E-state index contributed by atoms with van der Waals surface area (Å²) in [5.74, 6) is 1.85. The van der Waals surface area contributed by atoms with Gasteiger partial charge in [-0.3, -0.25) is 0 Å². The molecule has 0 amide bonds. The Labute approximate surface area is 95.5 Å². The van der Waals surface area contributed by atoms with E-state index in [1.165, 1.54) is 12.8 Å². The Balaban J connectivity index is 2.19. The number of hydrogen-bond donors (Lipinski definition) is 0. The fourth-order valence-electron chi connectivity index (χ4n) is 1.71. The molecular formula is C11H16ClN3. The van der Waals surface area contributed by atoms with E-state index in [2.05, 4.69) is 21.8 Å². The van der Waals surface area contributed by atoms with E-state index in [-0.39, 0.29) is 0 Å². The van der Waals surface area contributed by atoms with Crippen molar-refractivity contribution in [1.82, 2.24) is 9.97 Å². The lowest BCUT2D eigenvalue weighted by molar-refractivity contribution is 0.727. The topological polar surface area (TPSA) is 29.0 Å². The summed E-state index contributed by atoms with van der Waals surface area (Å²) in [5.41, 5.74) is 1.10. The Hall–Kier alpha value is -0.830. The van der Waals surface area contributed by atoms with Crippen molar-refractivity contribution in [1.29, 1.82) is 0 Å². The molecule has 0 spiro atoms. The number of aromatic nitrogens is 2. The zero-order valence-electron chi connectivity index (χ0n) is 9.20. The summed E-state index contributed by atoms with van der Waals surface area (Å²) in [5, 5.41) is 0.338. The second-order valence-corrected chi connectivity index (χ2v) is 4.47. The quantitative estimate of drug-likeness (QED) is 0.738. The SMILES string of the molecule is CCN(CC1CC1)c1nc(Cl)ncc1C. The van der Waals surface area contributed by atoms with Crippen molar-refractivity contribution < 1.29 is 0 Å². The fourth-order valence-corrected chi connectivity index (χ4v) is 1.84. The molecule has 82 valence electrons. The summed E-state index contributed by atoms with van der Waals surface area (Å²) in [6, 6.07) is 0. The van der Waals surface area contributed by atoms with Crippen molar-refractivity contribution in [2.45, 2.75) is 26.7 Å². The molecular weight excluding hydrogens is 210 g/mol. The Morgan fingerprint density at radius 2 is 2.27 bits per heavy atom. The van der Waals surface area contributed by atoms with Crippen molar-refractivity contribution in [3.8, 4) is 0 Å². The number of rotatable bonds is 4. The molecule has 0 aromatic carbocycles. The van der Waals surface area contributed by atoms with Crippen LogP contribution in [0.25, 0.3) is 0 Å². The van der Waals surface area contributed by atoms with Crippen molar-refractivity contribution in [3.63, 3.8) is 0 Å². The standard InChI is InChI=1S/C11H16ClN3/c1-3-15(7-9-4-5-9)10-8(2)6-13-11(12)14-10/h6,9H,3-5,7H2,1-2H3. The highest BCUT2D eigenvalue weighted by Crippen LogP contribution is 2.31. The maximum absolute atomic E-state index is 5.82. The fraction of sp³-hybridized carbons (Fsp3) is 0.636. The van der Waals surface area contributed by atoms with Gasteiger partial charge in [0.15, 0.2) is 0 Å². The van der Waals surface area contributed by atoms with E-state index in [4.69, 9.17) is 11.6 Å². The minimum absolute atomic E-state index is 0.338. The van der Waals surface area contributed by atoms with Gasteiger partial charge in [-0.1, -0.05) is 0 Å². The van der Waals surface area contributed by atoms with Crippen LogP contribution in [0.3, 0.4) is 0 Å². The van der Waals surface area contributed by atoms with E-state index in [1.54, 1.807) is 6.20 Å². The molecule has 15 heavy (non-hydrogen) atoms. The number of nitrogens with zero attached hydrogens (tertiary/aromatic N) is 3. The summed E-state index contributed by atoms with van der Waals surface area (Å²) >= 11 is 5.82. The van der Waals surface area contributed by atoms with E-state index in [9.17, 15) is 0 Å². The molecule has 2 rings (SSSR count). The van der Waals surface area contributed by atoms with Crippen molar-refractivity contribution in [3.05, 3.63) is 17.0 Å². The third-order valence-corrected chi connectivity index (χ3v) is 2.95. The molecule has 0 bridgehead atoms. The van der Waals surface area contributed by atoms with Crippen LogP contribution in [0.2, 0.25) is 5.28 Å². The van der Waals surface area contributed by atoms with Gasteiger partial charge in [0.05, 0.1) is 0 Å². The monoisotopic (exact) mass is 225 g/mol. The van der Waals surface area contributed by atoms with Crippen LogP contribution in [0.4, 0.5) is 5.82 Å². The summed E-state index contributed by atoms with van der Waals surface area (Å²) in [7, 11) is 0. The normalized spacial score (nSPS) is 15.4. The highest BCUT2D eigenvalue weighted by molar-refractivity contribution is 6.28. The molecule has 1 aliphatic carbocycles. The van der Waals surface area contributed by atoms with Crippen LogP contribution in [-0.2, 0) is 0 Å². The summed E-state index contributed by atoms with van der Waals surface area (Å²) < 4.78 is 0. The van der Waals surface area contributed by atoms with Gasteiger partial charge in [0.1, 0.15) is 5.82 Å². The van der Waals surface area contributed by atoms with Crippen LogP contribution in [0.1, 0.15) is 25.3 Å². The molecule has 1 aromatic rings. The van der Waals surface area contributed by atoms with Gasteiger partial charge in [0, 0.05) is 24.8 Å². The highest BCUT2D eigenvalue weighted by Gasteiger charge is 2.25. The predicted octanol–water partition coefficient (Wildman–Crippen LogP) is 2.67. The molecule has 0 N–H and O–H groups in total. The van der Waals surface area contributed by atoms with Crippen LogP contribution >= 0.6 is 11.6 Å². The minimum atomic E-state index is 0.338. The maximum Gasteiger partial charge on any atom is 0.224 e. The van der Waals surface area contributed by atoms with Gasteiger partial charge < -0.3 is 4.90 Å². The van der Waals surface area contributed by atoms with Crippen LogP contribution in [-0.4, -0.2) is 23.1 Å². The number of hydrogen-bond acceptors (Lipinski definition) is 3. The van der Waals surface area contributed by atoms with Gasteiger partial charge >= 0.3 is 0 Å². The van der Waals surface area contributed by atoms with E-state index >= 15 is 0 Å². The van der Waals surface area contributed by atoms with E-state index < -0.39 is 0 Å². The lowest BCUT2D eigenvalue weighted by atomic mass is 10.3. The Morgan fingerprint density at radius 1 is 1.53 bits per heavy atom. The Bertz CT molecular complexity index is 350. The molecule has 0 atom stereocenters. The zero-order chi connectivity index (χ0) is 10.8. The molecule has 1 fully saturated rings. The Kier molecular flexibility index (Phi) is 3.10. The molecule has 1 heterocycles. The molecule has 0 unspecified atom stereocenters. The van der Waals surface area contributed by atoms with Crippen LogP contribution in [0, 0.1) is 12.8 Å². The second kappa shape index (κ2) is 4.35. The predicted molar refractivity (Wildman–Crippen MR) is 62.4 cm³/mol. The van der Waals surface area contributed by atoms with Crippen LogP contribution in [0.15, 0.2) is 6.20 Å². The highest BCUT2D eigenvalue weighted by atomic mass is 35.5. The summed E-state index contributed by atoms with van der Waals surface area (Å²) in [4.78, 5) is 10.6. The third kappa shape index (κ3) is 2.59. The molecule has 1 saturated carbocycles.